The van der Waals surface area contributed by atoms with Gasteiger partial charge in [0, 0.05) is 6.04 Å². The highest BCUT2D eigenvalue weighted by molar-refractivity contribution is 6.87. The van der Waals surface area contributed by atoms with Crippen LogP contribution < -0.4 is 5.32 Å². The molecule has 1 rings (SSSR count). The van der Waals surface area contributed by atoms with Gasteiger partial charge in [0.15, 0.2) is 14.3 Å². The molecule has 0 saturated heterocycles. The molecule has 0 heterocycles. The van der Waals surface area contributed by atoms with Crippen LogP contribution in [0.5, 0.6) is 0 Å². The molecule has 1 radical (unpaired) electrons. The molecule has 0 bridgehead atoms. The molecule has 0 unspecified atom stereocenters. The summed E-state index contributed by atoms with van der Waals surface area (Å²) in [6, 6.07) is 0.521. The number of carbonyl (C=O) groups excluding carboxylic acids is 1. The summed E-state index contributed by atoms with van der Waals surface area (Å²) in [6.45, 7) is 4.05. The Bertz CT molecular complexity index is 132. The fourth-order valence-corrected chi connectivity index (χ4v) is 1.38. The van der Waals surface area contributed by atoms with Crippen LogP contribution in [0.15, 0.2) is 0 Å². The van der Waals surface area contributed by atoms with Crippen LogP contribution in [0.2, 0.25) is 13.1 Å². The molecule has 0 aromatic rings. The van der Waals surface area contributed by atoms with Crippen LogP contribution in [0.25, 0.3) is 0 Å². The summed E-state index contributed by atoms with van der Waals surface area (Å²) < 4.78 is 0. The molecule has 1 aliphatic rings. The van der Waals surface area contributed by atoms with Gasteiger partial charge in [0.05, 0.1) is 0 Å². The van der Waals surface area contributed by atoms with Gasteiger partial charge in [-0.1, -0.05) is 13.1 Å². The molecule has 0 aromatic heterocycles. The van der Waals surface area contributed by atoms with Crippen molar-refractivity contribution in [1.82, 2.24) is 5.32 Å². The fraction of sp³-hybridized carbons (Fsp3) is 0.857. The molecule has 0 atom stereocenters. The van der Waals surface area contributed by atoms with Gasteiger partial charge in [0.1, 0.15) is 0 Å². The SMILES string of the molecule is C[Si](C)C(=O)NC1CCC1. The van der Waals surface area contributed by atoms with Gasteiger partial charge < -0.3 is 5.32 Å². The topological polar surface area (TPSA) is 29.1 Å². The second kappa shape index (κ2) is 3.19. The van der Waals surface area contributed by atoms with E-state index < -0.39 is 8.80 Å². The van der Waals surface area contributed by atoms with Crippen molar-refractivity contribution in [2.24, 2.45) is 0 Å². The maximum Gasteiger partial charge on any atom is 0.190 e. The summed E-state index contributed by atoms with van der Waals surface area (Å²) in [4.78, 5) is 11.1. The second-order valence-corrected chi connectivity index (χ2v) is 5.56. The first-order valence-corrected chi connectivity index (χ1v) is 6.31. The van der Waals surface area contributed by atoms with E-state index in [0.29, 0.717) is 11.6 Å². The molecule has 57 valence electrons. The first-order chi connectivity index (χ1) is 4.70. The molecule has 10 heavy (non-hydrogen) atoms. The molecule has 1 fully saturated rings. The van der Waals surface area contributed by atoms with Crippen molar-refractivity contribution in [3.05, 3.63) is 0 Å². The van der Waals surface area contributed by atoms with E-state index in [1.165, 1.54) is 19.3 Å². The van der Waals surface area contributed by atoms with E-state index in [-0.39, 0.29) is 0 Å². The minimum absolute atomic E-state index is 0.301. The number of carbonyl (C=O) groups is 1. The van der Waals surface area contributed by atoms with Gasteiger partial charge in [0.25, 0.3) is 0 Å². The Labute approximate surface area is 63.6 Å². The lowest BCUT2D eigenvalue weighted by Crippen LogP contribution is -2.43. The van der Waals surface area contributed by atoms with Gasteiger partial charge in [-0.05, 0) is 19.3 Å². The van der Waals surface area contributed by atoms with Gasteiger partial charge in [-0.25, -0.2) is 0 Å². The molecule has 0 aromatic carbocycles. The molecular formula is C7H14NOSi. The van der Waals surface area contributed by atoms with Crippen molar-refractivity contribution in [1.29, 1.82) is 0 Å². The average molecular weight is 156 g/mol. The molecule has 3 heteroatoms. The maximum absolute atomic E-state index is 11.1. The van der Waals surface area contributed by atoms with Gasteiger partial charge in [0.2, 0.25) is 0 Å². The summed E-state index contributed by atoms with van der Waals surface area (Å²) in [5.74, 6) is 0. The van der Waals surface area contributed by atoms with Crippen LogP contribution >= 0.6 is 0 Å². The average Bonchev–Trinajstić information content (AvgIpc) is 1.77. The van der Waals surface area contributed by atoms with Crippen molar-refractivity contribution >= 4 is 14.3 Å². The minimum Gasteiger partial charge on any atom is -0.358 e. The normalized spacial score (nSPS) is 18.7. The van der Waals surface area contributed by atoms with Crippen LogP contribution in [0.4, 0.5) is 4.79 Å². The quantitative estimate of drug-likeness (QED) is 0.604. The van der Waals surface area contributed by atoms with E-state index >= 15 is 0 Å². The number of rotatable bonds is 2. The van der Waals surface area contributed by atoms with E-state index in [4.69, 9.17) is 0 Å². The highest BCUT2D eigenvalue weighted by atomic mass is 28.3. The minimum atomic E-state index is -0.733. The first-order valence-electron chi connectivity index (χ1n) is 3.81. The maximum atomic E-state index is 11.1. The van der Waals surface area contributed by atoms with Crippen LogP contribution in [-0.4, -0.2) is 20.4 Å². The Morgan fingerprint density at radius 3 is 2.40 bits per heavy atom. The lowest BCUT2D eigenvalue weighted by Gasteiger charge is -2.27. The predicted molar refractivity (Wildman–Crippen MR) is 43.7 cm³/mol. The lowest BCUT2D eigenvalue weighted by atomic mass is 9.94. The smallest absolute Gasteiger partial charge is 0.190 e. The van der Waals surface area contributed by atoms with Crippen molar-refractivity contribution in [3.8, 4) is 0 Å². The number of amides is 1. The summed E-state index contributed by atoms with van der Waals surface area (Å²) >= 11 is 0. The Morgan fingerprint density at radius 2 is 2.10 bits per heavy atom. The summed E-state index contributed by atoms with van der Waals surface area (Å²) in [6.07, 6.45) is 3.68. The molecule has 1 amide bonds. The van der Waals surface area contributed by atoms with Gasteiger partial charge in [-0.15, -0.1) is 0 Å². The summed E-state index contributed by atoms with van der Waals surface area (Å²) in [5, 5.41) is 3.02. The molecule has 2 nitrogen and oxygen atoms in total. The second-order valence-electron chi connectivity index (χ2n) is 3.10. The summed E-state index contributed by atoms with van der Waals surface area (Å²) in [7, 11) is -0.733. The van der Waals surface area contributed by atoms with E-state index in [9.17, 15) is 4.79 Å². The zero-order valence-corrected chi connectivity index (χ0v) is 7.61. The predicted octanol–water partition coefficient (Wildman–Crippen LogP) is 1.58. The third kappa shape index (κ3) is 1.83. The third-order valence-corrected chi connectivity index (χ3v) is 2.95. The Hall–Kier alpha value is -0.313. The van der Waals surface area contributed by atoms with Crippen molar-refractivity contribution in [2.45, 2.75) is 38.4 Å². The third-order valence-electron chi connectivity index (χ3n) is 1.89. The first kappa shape index (κ1) is 7.79. The van der Waals surface area contributed by atoms with E-state index in [1.807, 2.05) is 13.1 Å². The van der Waals surface area contributed by atoms with Crippen molar-refractivity contribution in [3.63, 3.8) is 0 Å². The number of hydrogen-bond donors (Lipinski definition) is 1. The zero-order valence-electron chi connectivity index (χ0n) is 6.61. The lowest BCUT2D eigenvalue weighted by molar-refractivity contribution is 0.247. The molecule has 1 saturated carbocycles. The highest BCUT2D eigenvalue weighted by Gasteiger charge is 2.20. The Balaban J connectivity index is 2.17. The van der Waals surface area contributed by atoms with E-state index in [2.05, 4.69) is 5.32 Å². The molecule has 1 N–H and O–H groups in total. The number of hydrogen-bond acceptors (Lipinski definition) is 1. The molecule has 0 aliphatic heterocycles. The van der Waals surface area contributed by atoms with Gasteiger partial charge in [-0.3, -0.25) is 4.79 Å². The Morgan fingerprint density at radius 1 is 1.50 bits per heavy atom. The van der Waals surface area contributed by atoms with Crippen molar-refractivity contribution in [2.75, 3.05) is 0 Å². The van der Waals surface area contributed by atoms with Crippen LogP contribution in [0.1, 0.15) is 19.3 Å². The van der Waals surface area contributed by atoms with Crippen LogP contribution in [0.3, 0.4) is 0 Å². The number of nitrogens with one attached hydrogen (secondary N) is 1. The Kier molecular flexibility index (Phi) is 2.48. The molecular weight excluding hydrogens is 142 g/mol. The summed E-state index contributed by atoms with van der Waals surface area (Å²) in [5.41, 5.74) is 0.301. The van der Waals surface area contributed by atoms with E-state index in [1.54, 1.807) is 0 Å². The zero-order chi connectivity index (χ0) is 7.56. The largest absolute Gasteiger partial charge is 0.358 e. The van der Waals surface area contributed by atoms with E-state index in [0.717, 1.165) is 0 Å². The monoisotopic (exact) mass is 156 g/mol. The van der Waals surface area contributed by atoms with Gasteiger partial charge in [-0.2, -0.15) is 0 Å². The van der Waals surface area contributed by atoms with Crippen LogP contribution in [0, 0.1) is 0 Å². The molecule has 1 aliphatic carbocycles. The molecule has 0 spiro atoms. The van der Waals surface area contributed by atoms with Crippen LogP contribution in [-0.2, 0) is 0 Å². The van der Waals surface area contributed by atoms with Gasteiger partial charge >= 0.3 is 0 Å². The highest BCUT2D eigenvalue weighted by Crippen LogP contribution is 2.17. The standard InChI is InChI=1S/C7H14NOSi/c1-10(2)7(9)8-6-4-3-5-6/h6H,3-5H2,1-2H3,(H,8,9). The van der Waals surface area contributed by atoms with Crippen molar-refractivity contribution < 1.29 is 4.79 Å². The fourth-order valence-electron chi connectivity index (χ4n) is 0.882.